The Hall–Kier alpha value is -1.64. The predicted octanol–water partition coefficient (Wildman–Crippen LogP) is -1.97. The molecule has 0 bridgehead atoms. The Kier molecular flexibility index (Phi) is 3.60. The predicted molar refractivity (Wildman–Crippen MR) is 69.9 cm³/mol. The van der Waals surface area contributed by atoms with Crippen molar-refractivity contribution in [3.05, 3.63) is 17.2 Å². The first-order valence-electron chi connectivity index (χ1n) is 6.76. The molecular formula is C12H19N5O3. The van der Waals surface area contributed by atoms with Gasteiger partial charge in [0.1, 0.15) is 12.9 Å². The summed E-state index contributed by atoms with van der Waals surface area (Å²) in [6.07, 6.45) is 2.93. The molecule has 1 fully saturated rings. The summed E-state index contributed by atoms with van der Waals surface area (Å²) in [5.74, 6) is 0.107. The van der Waals surface area contributed by atoms with Gasteiger partial charge in [0.05, 0.1) is 19.0 Å². The molecule has 0 unspecified atom stereocenters. The van der Waals surface area contributed by atoms with Crippen molar-refractivity contribution in [2.45, 2.75) is 25.2 Å². The number of nitrogens with zero attached hydrogens (tertiary/aromatic N) is 4. The van der Waals surface area contributed by atoms with Gasteiger partial charge >= 0.3 is 0 Å². The maximum Gasteiger partial charge on any atom is 0.219 e. The van der Waals surface area contributed by atoms with Crippen molar-refractivity contribution in [1.82, 2.24) is 14.5 Å². The summed E-state index contributed by atoms with van der Waals surface area (Å²) in [7, 11) is 0. The molecule has 1 aromatic heterocycles. The molecule has 1 aromatic rings. The van der Waals surface area contributed by atoms with Crippen LogP contribution in [-0.4, -0.2) is 57.1 Å². The van der Waals surface area contributed by atoms with Gasteiger partial charge in [-0.3, -0.25) is 4.57 Å². The third-order valence-corrected chi connectivity index (χ3v) is 3.67. The van der Waals surface area contributed by atoms with E-state index in [1.165, 1.54) is 0 Å². The highest BCUT2D eigenvalue weighted by molar-refractivity contribution is 5.30. The topological polar surface area (TPSA) is 109 Å². The number of hydrogen-bond acceptors (Lipinski definition) is 7. The van der Waals surface area contributed by atoms with E-state index in [1.807, 2.05) is 4.57 Å². The highest BCUT2D eigenvalue weighted by Gasteiger charge is 2.28. The minimum Gasteiger partial charge on any atom is -0.493 e. The van der Waals surface area contributed by atoms with Crippen LogP contribution in [0.25, 0.3) is 5.88 Å². The molecule has 1 saturated heterocycles. The van der Waals surface area contributed by atoms with E-state index in [9.17, 15) is 5.11 Å². The third-order valence-electron chi connectivity index (χ3n) is 3.67. The van der Waals surface area contributed by atoms with Crippen LogP contribution >= 0.6 is 0 Å². The lowest BCUT2D eigenvalue weighted by atomic mass is 10.2. The van der Waals surface area contributed by atoms with E-state index in [1.54, 1.807) is 11.2 Å². The van der Waals surface area contributed by atoms with E-state index in [4.69, 9.17) is 15.6 Å². The van der Waals surface area contributed by atoms with E-state index >= 15 is 0 Å². The Bertz CT molecular complexity index is 599. The van der Waals surface area contributed by atoms with Crippen LogP contribution in [0.5, 0.6) is 0 Å². The third kappa shape index (κ3) is 2.15. The van der Waals surface area contributed by atoms with Crippen LogP contribution < -0.4 is 16.6 Å². The van der Waals surface area contributed by atoms with Gasteiger partial charge in [-0.2, -0.15) is 0 Å². The lowest BCUT2D eigenvalue weighted by molar-refractivity contribution is -0.0242. The van der Waals surface area contributed by atoms with Gasteiger partial charge in [-0.05, 0) is 12.8 Å². The Balaban J connectivity index is 1.93. The van der Waals surface area contributed by atoms with Crippen molar-refractivity contribution in [2.24, 2.45) is 10.7 Å². The maximum atomic E-state index is 10.2. The maximum absolute atomic E-state index is 10.2. The Labute approximate surface area is 115 Å². The molecule has 0 aliphatic carbocycles. The molecule has 0 radical (unpaired) electrons. The molecule has 0 spiro atoms. The van der Waals surface area contributed by atoms with Gasteiger partial charge in [-0.15, -0.1) is 0 Å². The van der Waals surface area contributed by atoms with Gasteiger partial charge < -0.3 is 25.6 Å². The number of nitrogens with two attached hydrogens (primary N) is 1. The number of hydrogen-bond donors (Lipinski definition) is 3. The van der Waals surface area contributed by atoms with E-state index in [2.05, 4.69) is 9.98 Å². The average Bonchev–Trinajstić information content (AvgIpc) is 3.08. The summed E-state index contributed by atoms with van der Waals surface area (Å²) in [5.41, 5.74) is 6.12. The van der Waals surface area contributed by atoms with E-state index in [0.29, 0.717) is 30.6 Å². The van der Waals surface area contributed by atoms with Crippen LogP contribution in [-0.2, 0) is 4.74 Å². The van der Waals surface area contributed by atoms with E-state index in [-0.39, 0.29) is 24.8 Å². The zero-order valence-corrected chi connectivity index (χ0v) is 11.1. The zero-order chi connectivity index (χ0) is 14.1. The number of fused-ring (bicyclic) bond motifs is 1. The second-order valence-electron chi connectivity index (χ2n) is 4.97. The molecule has 4 N–H and O–H groups in total. The monoisotopic (exact) mass is 281 g/mol. The molecule has 2 aliphatic rings. The molecular weight excluding hydrogens is 262 g/mol. The first-order chi connectivity index (χ1) is 9.74. The lowest BCUT2D eigenvalue weighted by Crippen LogP contribution is -2.45. The second-order valence-corrected chi connectivity index (χ2v) is 4.97. The quantitative estimate of drug-likeness (QED) is 0.590. The standard InChI is InChI=1S/C12H19N5O3/c13-3-4-16-6-15-11-10(12(16)19)14-7-17(11)9-2-1-8(5-18)20-9/h7-9,18-19H,1-6,13H2/t8-,9+/m0/s1. The fourth-order valence-corrected chi connectivity index (χ4v) is 2.61. The second kappa shape index (κ2) is 5.39. The fourth-order valence-electron chi connectivity index (χ4n) is 2.61. The molecule has 110 valence electrons. The van der Waals surface area contributed by atoms with Crippen molar-refractivity contribution in [3.63, 3.8) is 0 Å². The normalized spacial score (nSPS) is 25.7. The van der Waals surface area contributed by atoms with Crippen LogP contribution in [0.2, 0.25) is 0 Å². The van der Waals surface area contributed by atoms with Crippen LogP contribution in [0.1, 0.15) is 19.1 Å². The van der Waals surface area contributed by atoms with Crippen LogP contribution in [0, 0.1) is 0 Å². The van der Waals surface area contributed by atoms with Crippen molar-refractivity contribution in [1.29, 1.82) is 0 Å². The van der Waals surface area contributed by atoms with Gasteiger partial charge in [-0.1, -0.05) is 0 Å². The molecule has 20 heavy (non-hydrogen) atoms. The molecule has 0 aromatic carbocycles. The summed E-state index contributed by atoms with van der Waals surface area (Å²) >= 11 is 0. The van der Waals surface area contributed by atoms with E-state index in [0.717, 1.165) is 12.8 Å². The molecule has 3 rings (SSSR count). The number of rotatable bonds is 4. The Morgan fingerprint density at radius 2 is 2.30 bits per heavy atom. The Morgan fingerprint density at radius 1 is 1.45 bits per heavy atom. The van der Waals surface area contributed by atoms with Gasteiger partial charge in [0, 0.05) is 13.1 Å². The molecule has 0 amide bonds. The fraction of sp³-hybridized carbons (Fsp3) is 0.667. The molecule has 0 saturated carbocycles. The van der Waals surface area contributed by atoms with Crippen LogP contribution in [0.3, 0.4) is 0 Å². The molecule has 2 aliphatic heterocycles. The van der Waals surface area contributed by atoms with Crippen molar-refractivity contribution >= 4 is 5.88 Å². The lowest BCUT2D eigenvalue weighted by Gasteiger charge is -2.22. The van der Waals surface area contributed by atoms with Gasteiger partial charge in [0.25, 0.3) is 0 Å². The first-order valence-corrected chi connectivity index (χ1v) is 6.76. The first kappa shape index (κ1) is 13.3. The van der Waals surface area contributed by atoms with Crippen molar-refractivity contribution in [2.75, 3.05) is 26.4 Å². The average molecular weight is 281 g/mol. The number of aliphatic hydroxyl groups is 2. The molecule has 8 heteroatoms. The largest absolute Gasteiger partial charge is 0.493 e. The summed E-state index contributed by atoms with van der Waals surface area (Å²) in [6, 6.07) is 0. The summed E-state index contributed by atoms with van der Waals surface area (Å²) < 4.78 is 7.54. The molecule has 2 atom stereocenters. The highest BCUT2D eigenvalue weighted by Crippen LogP contribution is 2.26. The molecule has 3 heterocycles. The van der Waals surface area contributed by atoms with Gasteiger partial charge in [0.2, 0.25) is 5.88 Å². The van der Waals surface area contributed by atoms with Crippen LogP contribution in [0.15, 0.2) is 11.3 Å². The number of imidazole rings is 1. The highest BCUT2D eigenvalue weighted by atomic mass is 16.5. The smallest absolute Gasteiger partial charge is 0.219 e. The van der Waals surface area contributed by atoms with Crippen molar-refractivity contribution in [3.8, 4) is 0 Å². The number of ether oxygens (including phenoxy) is 1. The number of aromatic nitrogens is 2. The van der Waals surface area contributed by atoms with Crippen molar-refractivity contribution < 1.29 is 14.9 Å². The minimum atomic E-state index is -0.180. The summed E-state index contributed by atoms with van der Waals surface area (Å²) in [6.45, 7) is 1.36. The van der Waals surface area contributed by atoms with Gasteiger partial charge in [-0.25, -0.2) is 9.98 Å². The summed E-state index contributed by atoms with van der Waals surface area (Å²) in [4.78, 5) is 10.4. The van der Waals surface area contributed by atoms with Gasteiger partial charge in [0.15, 0.2) is 10.8 Å². The molecule has 8 nitrogen and oxygen atoms in total. The van der Waals surface area contributed by atoms with E-state index < -0.39 is 0 Å². The summed E-state index contributed by atoms with van der Waals surface area (Å²) in [5, 5.41) is 19.8. The number of aliphatic hydroxyl groups excluding tert-OH is 2. The van der Waals surface area contributed by atoms with Crippen LogP contribution in [0.4, 0.5) is 0 Å². The minimum absolute atomic E-state index is 0.0200. The SMILES string of the molecule is NCCN1CN=c2c(ncn2[C@H]2CC[C@@H](CO)O2)=C1O. The Morgan fingerprint density at radius 3 is 3.00 bits per heavy atom. The zero-order valence-electron chi connectivity index (χ0n) is 11.1.